The molecule has 0 heterocycles. The van der Waals surface area contributed by atoms with Crippen LogP contribution in [0.3, 0.4) is 0 Å². The maximum Gasteiger partial charge on any atom is 0.419 e. The molecule has 1 aromatic rings. The third-order valence-corrected chi connectivity index (χ3v) is 2.30. The Labute approximate surface area is 102 Å². The topological polar surface area (TPSA) is 0 Å². The van der Waals surface area contributed by atoms with Gasteiger partial charge < -0.3 is 0 Å². The third kappa shape index (κ3) is 2.95. The summed E-state index contributed by atoms with van der Waals surface area (Å²) in [5, 5.41) is -1.05. The van der Waals surface area contributed by atoms with E-state index in [2.05, 4.69) is 6.58 Å². The number of halogens is 8. The molecular formula is C10H4ClF7. The average Bonchev–Trinajstić information content (AvgIpc) is 2.17. The van der Waals surface area contributed by atoms with E-state index in [1.807, 2.05) is 0 Å². The zero-order valence-corrected chi connectivity index (χ0v) is 9.14. The predicted octanol–water partition coefficient (Wildman–Crippen LogP) is 5.07. The summed E-state index contributed by atoms with van der Waals surface area (Å²) in [5.74, 6) is -1.82. The second-order valence-electron chi connectivity index (χ2n) is 3.29. The third-order valence-electron chi connectivity index (χ3n) is 2.02. The molecule has 0 bridgehead atoms. The average molecular weight is 293 g/mol. The highest BCUT2D eigenvalue weighted by molar-refractivity contribution is 6.31. The molecule has 0 aliphatic rings. The molecule has 0 saturated carbocycles. The van der Waals surface area contributed by atoms with E-state index in [0.717, 1.165) is 0 Å². The molecule has 0 saturated heterocycles. The van der Waals surface area contributed by atoms with E-state index in [4.69, 9.17) is 11.6 Å². The molecule has 1 aromatic carbocycles. The van der Waals surface area contributed by atoms with Gasteiger partial charge in [0.2, 0.25) is 0 Å². The first-order chi connectivity index (χ1) is 7.94. The number of hydrogen-bond donors (Lipinski definition) is 0. The Hall–Kier alpha value is -1.24. The molecule has 0 aliphatic carbocycles. The minimum Gasteiger partial charge on any atom is -0.205 e. The van der Waals surface area contributed by atoms with Gasteiger partial charge >= 0.3 is 12.4 Å². The maximum absolute atomic E-state index is 13.1. The van der Waals surface area contributed by atoms with E-state index >= 15 is 0 Å². The normalized spacial score (nSPS) is 12.7. The van der Waals surface area contributed by atoms with Crippen molar-refractivity contribution in [3.8, 4) is 0 Å². The Morgan fingerprint density at radius 3 is 1.94 bits per heavy atom. The summed E-state index contributed by atoms with van der Waals surface area (Å²) >= 11 is 5.14. The number of rotatable bonds is 1. The molecule has 0 spiro atoms. The molecule has 0 aliphatic heterocycles. The second kappa shape index (κ2) is 4.46. The van der Waals surface area contributed by atoms with Crippen LogP contribution in [0.1, 0.15) is 11.1 Å². The molecule has 0 N–H and O–H groups in total. The molecular weight excluding hydrogens is 289 g/mol. The van der Waals surface area contributed by atoms with Crippen LogP contribution in [-0.2, 0) is 6.18 Å². The molecule has 18 heavy (non-hydrogen) atoms. The Morgan fingerprint density at radius 2 is 1.56 bits per heavy atom. The van der Waals surface area contributed by atoms with Crippen LogP contribution in [0.15, 0.2) is 18.7 Å². The zero-order chi connectivity index (χ0) is 14.3. The highest BCUT2D eigenvalue weighted by Gasteiger charge is 2.38. The lowest BCUT2D eigenvalue weighted by atomic mass is 10.0. The van der Waals surface area contributed by atoms with E-state index in [0.29, 0.717) is 6.07 Å². The van der Waals surface area contributed by atoms with Crippen molar-refractivity contribution in [2.45, 2.75) is 12.4 Å². The van der Waals surface area contributed by atoms with Gasteiger partial charge in [0.1, 0.15) is 0 Å². The zero-order valence-electron chi connectivity index (χ0n) is 8.39. The summed E-state index contributed by atoms with van der Waals surface area (Å²) in [6, 6.07) is 0.471. The van der Waals surface area contributed by atoms with Crippen LogP contribution < -0.4 is 0 Å². The van der Waals surface area contributed by atoms with Gasteiger partial charge in [-0.3, -0.25) is 0 Å². The summed E-state index contributed by atoms with van der Waals surface area (Å²) in [5.41, 5.74) is -4.33. The molecule has 0 nitrogen and oxygen atoms in total. The maximum atomic E-state index is 13.1. The Morgan fingerprint density at radius 1 is 1.06 bits per heavy atom. The van der Waals surface area contributed by atoms with Crippen LogP contribution in [0.2, 0.25) is 5.02 Å². The van der Waals surface area contributed by atoms with Gasteiger partial charge in [-0.25, -0.2) is 4.39 Å². The quantitative estimate of drug-likeness (QED) is 0.634. The van der Waals surface area contributed by atoms with Crippen LogP contribution in [-0.4, -0.2) is 6.18 Å². The Kier molecular flexibility index (Phi) is 3.67. The minimum atomic E-state index is -5.14. The molecule has 0 aromatic heterocycles. The summed E-state index contributed by atoms with van der Waals surface area (Å²) in [7, 11) is 0. The molecule has 0 amide bonds. The van der Waals surface area contributed by atoms with Crippen molar-refractivity contribution < 1.29 is 30.7 Å². The standard InChI is InChI=1S/C10H4ClF7/c1-4(9(13,14)15)5-2-6(10(16,17)18)8(12)7(11)3-5/h2-3H,1H2. The van der Waals surface area contributed by atoms with Crippen LogP contribution in [0, 0.1) is 5.82 Å². The lowest BCUT2D eigenvalue weighted by Crippen LogP contribution is -2.13. The number of alkyl halides is 6. The van der Waals surface area contributed by atoms with Gasteiger partial charge in [-0.15, -0.1) is 0 Å². The molecule has 8 heteroatoms. The lowest BCUT2D eigenvalue weighted by molar-refractivity contribution is -0.140. The SMILES string of the molecule is C=C(c1cc(Cl)c(F)c(C(F)(F)F)c1)C(F)(F)F. The van der Waals surface area contributed by atoms with E-state index in [1.54, 1.807) is 0 Å². The van der Waals surface area contributed by atoms with Crippen LogP contribution in [0.25, 0.3) is 5.57 Å². The van der Waals surface area contributed by atoms with Gasteiger partial charge in [0, 0.05) is 0 Å². The highest BCUT2D eigenvalue weighted by Crippen LogP contribution is 2.39. The van der Waals surface area contributed by atoms with E-state index in [1.165, 1.54) is 0 Å². The fourth-order valence-electron chi connectivity index (χ4n) is 1.13. The molecule has 0 atom stereocenters. The minimum absolute atomic E-state index is 0.0248. The molecule has 0 fully saturated rings. The van der Waals surface area contributed by atoms with Gasteiger partial charge in [0.15, 0.2) is 5.82 Å². The number of benzene rings is 1. The Bertz CT molecular complexity index is 484. The van der Waals surface area contributed by atoms with Crippen molar-refractivity contribution in [3.05, 3.63) is 40.7 Å². The van der Waals surface area contributed by atoms with Crippen molar-refractivity contribution in [1.29, 1.82) is 0 Å². The van der Waals surface area contributed by atoms with Crippen molar-refractivity contribution in [2.24, 2.45) is 0 Å². The van der Waals surface area contributed by atoms with Crippen molar-refractivity contribution in [2.75, 3.05) is 0 Å². The molecule has 0 unspecified atom stereocenters. The van der Waals surface area contributed by atoms with Gasteiger partial charge in [-0.2, -0.15) is 26.3 Å². The van der Waals surface area contributed by atoms with Crippen molar-refractivity contribution in [1.82, 2.24) is 0 Å². The first kappa shape index (κ1) is 14.8. The van der Waals surface area contributed by atoms with Gasteiger partial charge in [0.05, 0.1) is 16.2 Å². The van der Waals surface area contributed by atoms with Gasteiger partial charge in [-0.1, -0.05) is 18.2 Å². The van der Waals surface area contributed by atoms with Crippen molar-refractivity contribution in [3.63, 3.8) is 0 Å². The van der Waals surface area contributed by atoms with Crippen LogP contribution in [0.4, 0.5) is 30.7 Å². The van der Waals surface area contributed by atoms with Crippen LogP contribution >= 0.6 is 11.6 Å². The second-order valence-corrected chi connectivity index (χ2v) is 3.70. The molecule has 100 valence electrons. The van der Waals surface area contributed by atoms with Gasteiger partial charge in [0.25, 0.3) is 0 Å². The van der Waals surface area contributed by atoms with Crippen LogP contribution in [0.5, 0.6) is 0 Å². The largest absolute Gasteiger partial charge is 0.419 e. The first-order valence-corrected chi connectivity index (χ1v) is 4.65. The van der Waals surface area contributed by atoms with E-state index in [9.17, 15) is 30.7 Å². The first-order valence-electron chi connectivity index (χ1n) is 4.27. The summed E-state index contributed by atoms with van der Waals surface area (Å²) in [4.78, 5) is 0. The number of hydrogen-bond acceptors (Lipinski definition) is 0. The fourth-order valence-corrected chi connectivity index (χ4v) is 1.35. The van der Waals surface area contributed by atoms with E-state index < -0.39 is 39.9 Å². The predicted molar refractivity (Wildman–Crippen MR) is 51.5 cm³/mol. The van der Waals surface area contributed by atoms with E-state index in [-0.39, 0.29) is 6.07 Å². The molecule has 1 rings (SSSR count). The fraction of sp³-hybridized carbons (Fsp3) is 0.200. The van der Waals surface area contributed by atoms with Crippen molar-refractivity contribution >= 4 is 17.2 Å². The smallest absolute Gasteiger partial charge is 0.205 e. The number of allylic oxidation sites excluding steroid dienone is 1. The summed E-state index contributed by atoms with van der Waals surface area (Å²) < 4.78 is 87.0. The Balaban J connectivity index is 3.43. The highest BCUT2D eigenvalue weighted by atomic mass is 35.5. The van der Waals surface area contributed by atoms with Gasteiger partial charge in [-0.05, 0) is 17.7 Å². The summed E-state index contributed by atoms with van der Waals surface area (Å²) in [6.45, 7) is 2.62. The summed E-state index contributed by atoms with van der Waals surface area (Å²) in [6.07, 6.45) is -10.1. The molecule has 0 radical (unpaired) electrons. The lowest BCUT2D eigenvalue weighted by Gasteiger charge is -2.14. The monoisotopic (exact) mass is 292 g/mol.